The van der Waals surface area contributed by atoms with Crippen LogP contribution in [0.1, 0.15) is 93.0 Å². The summed E-state index contributed by atoms with van der Waals surface area (Å²) in [5.74, 6) is 1.64. The van der Waals surface area contributed by atoms with Crippen molar-refractivity contribution >= 4 is 17.3 Å². The van der Waals surface area contributed by atoms with Gasteiger partial charge in [0, 0.05) is 11.4 Å². The highest BCUT2D eigenvalue weighted by Gasteiger charge is 2.22. The number of ether oxygens (including phenoxy) is 1. The molecule has 0 unspecified atom stereocenters. The van der Waals surface area contributed by atoms with Gasteiger partial charge in [0.2, 0.25) is 0 Å². The van der Waals surface area contributed by atoms with Crippen molar-refractivity contribution < 1.29 is 9.53 Å². The van der Waals surface area contributed by atoms with Gasteiger partial charge in [-0.3, -0.25) is 0 Å². The van der Waals surface area contributed by atoms with E-state index in [1.54, 1.807) is 18.2 Å². The van der Waals surface area contributed by atoms with E-state index in [4.69, 9.17) is 16.2 Å². The van der Waals surface area contributed by atoms with Crippen molar-refractivity contribution in [2.24, 2.45) is 5.92 Å². The first-order chi connectivity index (χ1) is 14.5. The highest BCUT2D eigenvalue weighted by atomic mass is 16.5. The van der Waals surface area contributed by atoms with Crippen LogP contribution in [0.4, 0.5) is 11.4 Å². The topological polar surface area (TPSA) is 78.3 Å². The predicted molar refractivity (Wildman–Crippen MR) is 125 cm³/mol. The molecule has 0 aliphatic heterocycles. The van der Waals surface area contributed by atoms with Gasteiger partial charge < -0.3 is 16.2 Å². The van der Waals surface area contributed by atoms with Crippen LogP contribution < -0.4 is 16.2 Å². The van der Waals surface area contributed by atoms with Crippen LogP contribution in [0.25, 0.3) is 0 Å². The second-order valence-electron chi connectivity index (χ2n) is 8.77. The molecule has 4 heteroatoms. The minimum absolute atomic E-state index is 0.365. The summed E-state index contributed by atoms with van der Waals surface area (Å²) < 4.78 is 5.49. The summed E-state index contributed by atoms with van der Waals surface area (Å²) in [6.07, 6.45) is 13.5. The van der Waals surface area contributed by atoms with Gasteiger partial charge in [0.25, 0.3) is 0 Å². The lowest BCUT2D eigenvalue weighted by molar-refractivity contribution is 0.0735. The van der Waals surface area contributed by atoms with Crippen LogP contribution in [0.3, 0.4) is 0 Å². The molecule has 1 fully saturated rings. The molecule has 1 saturated carbocycles. The molecule has 0 bridgehead atoms. The van der Waals surface area contributed by atoms with Gasteiger partial charge in [0.1, 0.15) is 5.75 Å². The SMILES string of the molecule is CCCCCCCC1CCC(c2ccc(OC(=O)c3cc(N)cc(N)c3)cc2)CC1. The monoisotopic (exact) mass is 408 g/mol. The molecule has 162 valence electrons. The van der Waals surface area contributed by atoms with Crippen molar-refractivity contribution in [1.29, 1.82) is 0 Å². The summed E-state index contributed by atoms with van der Waals surface area (Å²) in [6, 6.07) is 12.8. The van der Waals surface area contributed by atoms with Gasteiger partial charge in [-0.05, 0) is 73.4 Å². The third-order valence-electron chi connectivity index (χ3n) is 6.34. The lowest BCUT2D eigenvalue weighted by atomic mass is 9.77. The zero-order valence-electron chi connectivity index (χ0n) is 18.2. The van der Waals surface area contributed by atoms with E-state index in [2.05, 4.69) is 19.1 Å². The van der Waals surface area contributed by atoms with Gasteiger partial charge in [-0.15, -0.1) is 0 Å². The molecule has 2 aromatic rings. The molecule has 0 aromatic heterocycles. The maximum atomic E-state index is 12.4. The Morgan fingerprint density at radius 2 is 1.53 bits per heavy atom. The first-order valence-electron chi connectivity index (χ1n) is 11.5. The van der Waals surface area contributed by atoms with Gasteiger partial charge in [-0.2, -0.15) is 0 Å². The zero-order chi connectivity index (χ0) is 21.3. The van der Waals surface area contributed by atoms with Crippen molar-refractivity contribution in [2.75, 3.05) is 11.5 Å². The Labute approximate surface area is 181 Å². The molecule has 0 radical (unpaired) electrons. The molecule has 3 rings (SSSR count). The minimum atomic E-state index is -0.443. The normalized spacial score (nSPS) is 18.8. The fraction of sp³-hybridized carbons (Fsp3) is 0.500. The van der Waals surface area contributed by atoms with Gasteiger partial charge in [0.05, 0.1) is 5.56 Å². The van der Waals surface area contributed by atoms with Gasteiger partial charge in [-0.1, -0.05) is 57.6 Å². The molecule has 4 N–H and O–H groups in total. The van der Waals surface area contributed by atoms with Crippen LogP contribution in [0.15, 0.2) is 42.5 Å². The van der Waals surface area contributed by atoms with Crippen LogP contribution in [0, 0.1) is 5.92 Å². The van der Waals surface area contributed by atoms with Crippen molar-refractivity contribution in [2.45, 2.75) is 77.0 Å². The van der Waals surface area contributed by atoms with Gasteiger partial charge >= 0.3 is 5.97 Å². The Morgan fingerprint density at radius 3 is 2.17 bits per heavy atom. The number of hydrogen-bond donors (Lipinski definition) is 2. The molecule has 0 atom stereocenters. The van der Waals surface area contributed by atoms with Crippen molar-refractivity contribution in [3.05, 3.63) is 53.6 Å². The summed E-state index contributed by atoms with van der Waals surface area (Å²) in [5.41, 5.74) is 14.1. The third-order valence-corrected chi connectivity index (χ3v) is 6.34. The fourth-order valence-corrected chi connectivity index (χ4v) is 4.59. The van der Waals surface area contributed by atoms with E-state index in [1.165, 1.54) is 69.8 Å². The average Bonchev–Trinajstić information content (AvgIpc) is 2.74. The Morgan fingerprint density at radius 1 is 0.900 bits per heavy atom. The van der Waals surface area contributed by atoms with E-state index < -0.39 is 5.97 Å². The molecule has 0 spiro atoms. The number of rotatable bonds is 9. The summed E-state index contributed by atoms with van der Waals surface area (Å²) in [4.78, 5) is 12.4. The number of carbonyl (C=O) groups is 1. The van der Waals surface area contributed by atoms with Crippen molar-refractivity contribution in [1.82, 2.24) is 0 Å². The van der Waals surface area contributed by atoms with Crippen LogP contribution >= 0.6 is 0 Å². The number of nitrogen functional groups attached to an aromatic ring is 2. The van der Waals surface area contributed by atoms with E-state index in [0.29, 0.717) is 28.6 Å². The van der Waals surface area contributed by atoms with Crippen LogP contribution in [0.2, 0.25) is 0 Å². The van der Waals surface area contributed by atoms with E-state index >= 15 is 0 Å². The lowest BCUT2D eigenvalue weighted by Gasteiger charge is -2.29. The third kappa shape index (κ3) is 6.51. The van der Waals surface area contributed by atoms with Crippen LogP contribution in [-0.4, -0.2) is 5.97 Å². The predicted octanol–water partition coefficient (Wildman–Crippen LogP) is 6.70. The Hall–Kier alpha value is -2.49. The number of esters is 1. The second-order valence-corrected chi connectivity index (χ2v) is 8.77. The van der Waals surface area contributed by atoms with Crippen LogP contribution in [0.5, 0.6) is 5.75 Å². The Kier molecular flexibility index (Phi) is 8.18. The van der Waals surface area contributed by atoms with E-state index in [9.17, 15) is 4.79 Å². The highest BCUT2D eigenvalue weighted by molar-refractivity contribution is 5.93. The molecule has 2 aromatic carbocycles. The summed E-state index contributed by atoms with van der Waals surface area (Å²) in [7, 11) is 0. The van der Waals surface area contributed by atoms with E-state index in [1.807, 2.05) is 12.1 Å². The first kappa shape index (κ1) is 22.2. The molecule has 4 nitrogen and oxygen atoms in total. The first-order valence-corrected chi connectivity index (χ1v) is 11.5. The maximum Gasteiger partial charge on any atom is 0.343 e. The van der Waals surface area contributed by atoms with E-state index in [-0.39, 0.29) is 0 Å². The molecule has 1 aliphatic carbocycles. The molecular formula is C26H36N2O2. The molecule has 30 heavy (non-hydrogen) atoms. The fourth-order valence-electron chi connectivity index (χ4n) is 4.59. The number of nitrogens with two attached hydrogens (primary N) is 2. The number of unbranched alkanes of at least 4 members (excludes halogenated alkanes) is 4. The van der Waals surface area contributed by atoms with Gasteiger partial charge in [-0.25, -0.2) is 4.79 Å². The number of benzene rings is 2. The standard InChI is InChI=1S/C26H36N2O2/c1-2-3-4-5-6-7-19-8-10-20(11-9-19)21-12-14-25(15-13-21)30-26(29)22-16-23(27)18-24(28)17-22/h12-20H,2-11,27-28H2,1H3. The summed E-state index contributed by atoms with van der Waals surface area (Å²) in [5, 5.41) is 0. The van der Waals surface area contributed by atoms with Crippen LogP contribution in [-0.2, 0) is 0 Å². The lowest BCUT2D eigenvalue weighted by Crippen LogP contribution is -2.13. The zero-order valence-corrected chi connectivity index (χ0v) is 18.2. The van der Waals surface area contributed by atoms with E-state index in [0.717, 1.165) is 5.92 Å². The molecule has 0 amide bonds. The quantitative estimate of drug-likeness (QED) is 0.209. The summed E-state index contributed by atoms with van der Waals surface area (Å²) >= 11 is 0. The Bertz CT molecular complexity index is 788. The maximum absolute atomic E-state index is 12.4. The largest absolute Gasteiger partial charge is 0.423 e. The minimum Gasteiger partial charge on any atom is -0.423 e. The molecule has 0 heterocycles. The molecule has 0 saturated heterocycles. The smallest absolute Gasteiger partial charge is 0.343 e. The number of anilines is 2. The number of hydrogen-bond acceptors (Lipinski definition) is 4. The van der Waals surface area contributed by atoms with Gasteiger partial charge in [0.15, 0.2) is 0 Å². The Balaban J connectivity index is 1.46. The average molecular weight is 409 g/mol. The second kappa shape index (κ2) is 11.1. The number of carbonyl (C=O) groups excluding carboxylic acids is 1. The highest BCUT2D eigenvalue weighted by Crippen LogP contribution is 2.38. The van der Waals surface area contributed by atoms with Crippen molar-refractivity contribution in [3.8, 4) is 5.75 Å². The summed E-state index contributed by atoms with van der Waals surface area (Å²) in [6.45, 7) is 2.27. The molecule has 1 aliphatic rings. The molecular weight excluding hydrogens is 372 g/mol. The van der Waals surface area contributed by atoms with Crippen molar-refractivity contribution in [3.63, 3.8) is 0 Å².